The molecule has 12 heavy (non-hydrogen) atoms. The standard InChI is InChI=1S/C10H19NO/c1-7(2)10(12)5-4-8(3)9(11)6-10/h4-5,7-9,12H,6,11H2,1-3H3. The molecule has 2 nitrogen and oxygen atoms in total. The molecule has 1 aliphatic rings. The van der Waals surface area contributed by atoms with Gasteiger partial charge in [0.2, 0.25) is 0 Å². The van der Waals surface area contributed by atoms with Crippen molar-refractivity contribution in [3.8, 4) is 0 Å². The molecule has 3 atom stereocenters. The van der Waals surface area contributed by atoms with Crippen molar-refractivity contribution in [2.75, 3.05) is 0 Å². The Hall–Kier alpha value is -0.340. The molecule has 0 aromatic heterocycles. The van der Waals surface area contributed by atoms with Crippen molar-refractivity contribution in [2.45, 2.75) is 38.8 Å². The van der Waals surface area contributed by atoms with Crippen LogP contribution in [0, 0.1) is 11.8 Å². The van der Waals surface area contributed by atoms with Crippen molar-refractivity contribution in [2.24, 2.45) is 17.6 Å². The van der Waals surface area contributed by atoms with E-state index in [0.717, 1.165) is 0 Å². The zero-order valence-electron chi connectivity index (χ0n) is 8.12. The molecular weight excluding hydrogens is 150 g/mol. The van der Waals surface area contributed by atoms with E-state index in [1.165, 1.54) is 0 Å². The van der Waals surface area contributed by atoms with Crippen molar-refractivity contribution >= 4 is 0 Å². The van der Waals surface area contributed by atoms with Crippen molar-refractivity contribution in [1.29, 1.82) is 0 Å². The summed E-state index contributed by atoms with van der Waals surface area (Å²) in [6.45, 7) is 6.13. The molecule has 2 heteroatoms. The van der Waals surface area contributed by atoms with Gasteiger partial charge in [-0.25, -0.2) is 0 Å². The van der Waals surface area contributed by atoms with E-state index < -0.39 is 5.60 Å². The van der Waals surface area contributed by atoms with Gasteiger partial charge in [0.1, 0.15) is 0 Å². The van der Waals surface area contributed by atoms with E-state index in [1.807, 2.05) is 26.0 Å². The second kappa shape index (κ2) is 3.19. The molecule has 1 rings (SSSR count). The monoisotopic (exact) mass is 169 g/mol. The number of hydrogen-bond donors (Lipinski definition) is 2. The van der Waals surface area contributed by atoms with Crippen LogP contribution >= 0.6 is 0 Å². The van der Waals surface area contributed by atoms with Crippen LogP contribution in [-0.2, 0) is 0 Å². The third-order valence-electron chi connectivity index (χ3n) is 2.93. The molecule has 0 saturated carbocycles. The molecule has 70 valence electrons. The van der Waals surface area contributed by atoms with Crippen molar-refractivity contribution in [1.82, 2.24) is 0 Å². The minimum atomic E-state index is -0.675. The van der Waals surface area contributed by atoms with Gasteiger partial charge in [0, 0.05) is 6.04 Å². The minimum Gasteiger partial charge on any atom is -0.385 e. The highest BCUT2D eigenvalue weighted by Gasteiger charge is 2.34. The first-order valence-corrected chi connectivity index (χ1v) is 4.63. The van der Waals surface area contributed by atoms with Crippen LogP contribution in [0.15, 0.2) is 12.2 Å². The van der Waals surface area contributed by atoms with Crippen LogP contribution in [0.3, 0.4) is 0 Å². The second-order valence-electron chi connectivity index (χ2n) is 4.23. The normalized spacial score (nSPS) is 42.2. The third kappa shape index (κ3) is 1.70. The Bertz CT molecular complexity index is 188. The van der Waals surface area contributed by atoms with Gasteiger partial charge in [0.05, 0.1) is 5.60 Å². The number of hydrogen-bond acceptors (Lipinski definition) is 2. The zero-order valence-corrected chi connectivity index (χ0v) is 8.12. The van der Waals surface area contributed by atoms with Gasteiger partial charge in [0.25, 0.3) is 0 Å². The molecule has 3 N–H and O–H groups in total. The van der Waals surface area contributed by atoms with E-state index >= 15 is 0 Å². The van der Waals surface area contributed by atoms with Gasteiger partial charge in [-0.05, 0) is 18.3 Å². The van der Waals surface area contributed by atoms with Crippen molar-refractivity contribution in [3.05, 3.63) is 12.2 Å². The average molecular weight is 169 g/mol. The summed E-state index contributed by atoms with van der Waals surface area (Å²) in [5, 5.41) is 10.1. The molecule has 0 radical (unpaired) electrons. The number of rotatable bonds is 1. The summed E-state index contributed by atoms with van der Waals surface area (Å²) in [6.07, 6.45) is 4.61. The molecule has 0 fully saturated rings. The van der Waals surface area contributed by atoms with Gasteiger partial charge >= 0.3 is 0 Å². The van der Waals surface area contributed by atoms with Gasteiger partial charge in [-0.2, -0.15) is 0 Å². The number of nitrogens with two attached hydrogens (primary N) is 1. The van der Waals surface area contributed by atoms with Crippen molar-refractivity contribution in [3.63, 3.8) is 0 Å². The molecular formula is C10H19NO. The largest absolute Gasteiger partial charge is 0.385 e. The van der Waals surface area contributed by atoms with Gasteiger partial charge in [-0.15, -0.1) is 0 Å². The highest BCUT2D eigenvalue weighted by molar-refractivity contribution is 5.12. The summed E-state index contributed by atoms with van der Waals surface area (Å²) < 4.78 is 0. The Morgan fingerprint density at radius 3 is 2.58 bits per heavy atom. The highest BCUT2D eigenvalue weighted by atomic mass is 16.3. The topological polar surface area (TPSA) is 46.2 Å². The Balaban J connectivity index is 2.78. The van der Waals surface area contributed by atoms with Crippen LogP contribution in [0.5, 0.6) is 0 Å². The summed E-state index contributed by atoms with van der Waals surface area (Å²) >= 11 is 0. The number of aliphatic hydroxyl groups is 1. The Morgan fingerprint density at radius 1 is 1.58 bits per heavy atom. The molecule has 1 aliphatic carbocycles. The molecule has 0 aliphatic heterocycles. The van der Waals surface area contributed by atoms with E-state index in [4.69, 9.17) is 5.73 Å². The fraction of sp³-hybridized carbons (Fsp3) is 0.800. The van der Waals surface area contributed by atoms with Crippen LogP contribution in [-0.4, -0.2) is 16.7 Å². The minimum absolute atomic E-state index is 0.0994. The maximum Gasteiger partial charge on any atom is 0.0865 e. The van der Waals surface area contributed by atoms with Gasteiger partial charge in [-0.1, -0.05) is 32.9 Å². The SMILES string of the molecule is CC1C=CC(O)(C(C)C)CC1N. The average Bonchev–Trinajstić information content (AvgIpc) is 1.97. The van der Waals surface area contributed by atoms with E-state index in [0.29, 0.717) is 12.3 Å². The molecule has 0 amide bonds. The third-order valence-corrected chi connectivity index (χ3v) is 2.93. The lowest BCUT2D eigenvalue weighted by atomic mass is 9.76. The Labute approximate surface area is 74.5 Å². The van der Waals surface area contributed by atoms with E-state index in [9.17, 15) is 5.11 Å². The zero-order chi connectivity index (χ0) is 9.35. The smallest absolute Gasteiger partial charge is 0.0865 e. The van der Waals surface area contributed by atoms with Crippen molar-refractivity contribution < 1.29 is 5.11 Å². The summed E-state index contributed by atoms with van der Waals surface area (Å²) in [6, 6.07) is 0.0994. The van der Waals surface area contributed by atoms with E-state index in [-0.39, 0.29) is 12.0 Å². The maximum atomic E-state index is 10.1. The highest BCUT2D eigenvalue weighted by Crippen LogP contribution is 2.30. The van der Waals surface area contributed by atoms with Crippen LogP contribution in [0.4, 0.5) is 0 Å². The lowest BCUT2D eigenvalue weighted by Crippen LogP contribution is -2.45. The molecule has 0 heterocycles. The quantitative estimate of drug-likeness (QED) is 0.581. The van der Waals surface area contributed by atoms with E-state index in [1.54, 1.807) is 0 Å². The molecule has 0 spiro atoms. The summed E-state index contributed by atoms with van der Waals surface area (Å²) in [4.78, 5) is 0. The fourth-order valence-corrected chi connectivity index (χ4v) is 1.52. The molecule has 0 bridgehead atoms. The molecule has 3 unspecified atom stereocenters. The lowest BCUT2D eigenvalue weighted by molar-refractivity contribution is 0.0188. The van der Waals surface area contributed by atoms with Gasteiger partial charge < -0.3 is 10.8 Å². The Morgan fingerprint density at radius 2 is 2.17 bits per heavy atom. The second-order valence-corrected chi connectivity index (χ2v) is 4.23. The van der Waals surface area contributed by atoms with Crippen LogP contribution in [0.25, 0.3) is 0 Å². The summed E-state index contributed by atoms with van der Waals surface area (Å²) in [5.41, 5.74) is 5.21. The Kier molecular flexibility index (Phi) is 2.59. The van der Waals surface area contributed by atoms with Gasteiger partial charge in [0.15, 0.2) is 0 Å². The molecule has 0 saturated heterocycles. The molecule has 0 aromatic rings. The predicted octanol–water partition coefficient (Wildman–Crippen LogP) is 1.30. The summed E-state index contributed by atoms with van der Waals surface area (Å²) in [5.74, 6) is 0.635. The first-order valence-electron chi connectivity index (χ1n) is 4.63. The van der Waals surface area contributed by atoms with E-state index in [2.05, 4.69) is 6.92 Å². The molecule has 0 aromatic carbocycles. The fourth-order valence-electron chi connectivity index (χ4n) is 1.52. The van der Waals surface area contributed by atoms with Crippen LogP contribution in [0.1, 0.15) is 27.2 Å². The predicted molar refractivity (Wildman–Crippen MR) is 50.7 cm³/mol. The first-order chi connectivity index (χ1) is 5.46. The van der Waals surface area contributed by atoms with Gasteiger partial charge in [-0.3, -0.25) is 0 Å². The summed E-state index contributed by atoms with van der Waals surface area (Å²) in [7, 11) is 0. The first kappa shape index (κ1) is 9.75. The van der Waals surface area contributed by atoms with Crippen LogP contribution < -0.4 is 5.73 Å². The maximum absolute atomic E-state index is 10.1. The van der Waals surface area contributed by atoms with Crippen LogP contribution in [0.2, 0.25) is 0 Å². The lowest BCUT2D eigenvalue weighted by Gasteiger charge is -2.37.